The minimum absolute atomic E-state index is 0.0106. The predicted molar refractivity (Wildman–Crippen MR) is 114 cm³/mol. The molecule has 0 unspecified atom stereocenters. The molecule has 3 rings (SSSR count). The number of aryl methyl sites for hydroxylation is 1. The Morgan fingerprint density at radius 3 is 2.66 bits per heavy atom. The summed E-state index contributed by atoms with van der Waals surface area (Å²) in [6.45, 7) is 8.51. The average molecular weight is 396 g/mol. The van der Waals surface area contributed by atoms with E-state index in [0.717, 1.165) is 29.1 Å². The van der Waals surface area contributed by atoms with Crippen LogP contribution in [-0.4, -0.2) is 38.1 Å². The molecule has 0 spiro atoms. The molecule has 1 fully saturated rings. The summed E-state index contributed by atoms with van der Waals surface area (Å²) in [6.07, 6.45) is 0. The molecule has 0 aliphatic carbocycles. The van der Waals surface area contributed by atoms with Crippen LogP contribution in [0, 0.1) is 6.92 Å². The maximum absolute atomic E-state index is 12.2. The molecule has 2 N–H and O–H groups in total. The highest BCUT2D eigenvalue weighted by atomic mass is 16.5. The molecule has 1 aliphatic heterocycles. The van der Waals surface area contributed by atoms with E-state index in [9.17, 15) is 9.59 Å². The number of carbonyl (C=O) groups is 2. The van der Waals surface area contributed by atoms with Gasteiger partial charge < -0.3 is 20.3 Å². The van der Waals surface area contributed by atoms with Crippen LogP contribution in [0.1, 0.15) is 36.5 Å². The van der Waals surface area contributed by atoms with Gasteiger partial charge in [-0.25, -0.2) is 0 Å². The van der Waals surface area contributed by atoms with Gasteiger partial charge in [-0.1, -0.05) is 38.1 Å². The van der Waals surface area contributed by atoms with E-state index >= 15 is 0 Å². The first kappa shape index (κ1) is 20.7. The number of nitrogens with one attached hydrogen (secondary N) is 2. The fraction of sp³-hybridized carbons (Fsp3) is 0.391. The Hall–Kier alpha value is -3.02. The van der Waals surface area contributed by atoms with Crippen LogP contribution in [0.5, 0.6) is 5.75 Å². The molecule has 0 bridgehead atoms. The molecule has 154 valence electrons. The summed E-state index contributed by atoms with van der Waals surface area (Å²) in [5, 5.41) is 5.71. The van der Waals surface area contributed by atoms with Crippen molar-refractivity contribution in [2.45, 2.75) is 33.2 Å². The maximum atomic E-state index is 12.2. The van der Waals surface area contributed by atoms with Crippen LogP contribution in [0.4, 0.5) is 5.69 Å². The van der Waals surface area contributed by atoms with Crippen molar-refractivity contribution < 1.29 is 14.3 Å². The van der Waals surface area contributed by atoms with Crippen LogP contribution >= 0.6 is 0 Å². The minimum atomic E-state index is -0.156. The van der Waals surface area contributed by atoms with E-state index < -0.39 is 0 Å². The number of hydrogen-bond donors (Lipinski definition) is 2. The third-order valence-electron chi connectivity index (χ3n) is 5.07. The predicted octanol–water partition coefficient (Wildman–Crippen LogP) is 2.75. The van der Waals surface area contributed by atoms with Gasteiger partial charge >= 0.3 is 0 Å². The molecule has 2 aromatic carbocycles. The van der Waals surface area contributed by atoms with E-state index in [4.69, 9.17) is 4.74 Å². The number of hydrogen-bond acceptors (Lipinski definition) is 4. The first-order chi connectivity index (χ1) is 13.9. The zero-order valence-electron chi connectivity index (χ0n) is 17.3. The topological polar surface area (TPSA) is 70.7 Å². The fourth-order valence-corrected chi connectivity index (χ4v) is 3.21. The van der Waals surface area contributed by atoms with Crippen molar-refractivity contribution in [2.75, 3.05) is 31.1 Å². The molecule has 29 heavy (non-hydrogen) atoms. The van der Waals surface area contributed by atoms with E-state index in [1.807, 2.05) is 48.2 Å². The van der Waals surface area contributed by atoms with E-state index in [-0.39, 0.29) is 18.4 Å². The van der Waals surface area contributed by atoms with Crippen molar-refractivity contribution in [1.82, 2.24) is 10.6 Å². The lowest BCUT2D eigenvalue weighted by molar-refractivity contribution is -0.123. The number of anilines is 1. The summed E-state index contributed by atoms with van der Waals surface area (Å²) < 4.78 is 5.73. The standard InChI is InChI=1S/C23H29N3O3/c1-16(2)19-7-4-17(3)21(12-19)29-15-23(28)25-13-18-5-8-20(9-6-18)26-11-10-24-22(27)14-26/h4-9,12,16H,10-11,13-15H2,1-3H3,(H,24,27)(H,25,28). The third-order valence-corrected chi connectivity index (χ3v) is 5.07. The average Bonchev–Trinajstić information content (AvgIpc) is 2.72. The monoisotopic (exact) mass is 395 g/mol. The highest BCUT2D eigenvalue weighted by molar-refractivity contribution is 5.82. The van der Waals surface area contributed by atoms with Crippen LogP contribution in [0.15, 0.2) is 42.5 Å². The Kier molecular flexibility index (Phi) is 6.75. The van der Waals surface area contributed by atoms with Gasteiger partial charge in [0.15, 0.2) is 6.61 Å². The molecular weight excluding hydrogens is 366 g/mol. The summed E-state index contributed by atoms with van der Waals surface area (Å²) in [4.78, 5) is 25.7. The van der Waals surface area contributed by atoms with Crippen molar-refractivity contribution in [1.29, 1.82) is 0 Å². The summed E-state index contributed by atoms with van der Waals surface area (Å²) in [5.41, 5.74) is 4.22. The van der Waals surface area contributed by atoms with Gasteiger partial charge in [0.2, 0.25) is 5.91 Å². The van der Waals surface area contributed by atoms with Gasteiger partial charge in [0.1, 0.15) is 5.75 Å². The highest BCUT2D eigenvalue weighted by Crippen LogP contribution is 2.24. The molecule has 2 aromatic rings. The third kappa shape index (κ3) is 5.73. The first-order valence-corrected chi connectivity index (χ1v) is 10.0. The van der Waals surface area contributed by atoms with Gasteiger partial charge in [-0.2, -0.15) is 0 Å². The van der Waals surface area contributed by atoms with Crippen LogP contribution in [0.2, 0.25) is 0 Å². The molecule has 0 aromatic heterocycles. The SMILES string of the molecule is Cc1ccc(C(C)C)cc1OCC(=O)NCc1ccc(N2CCNC(=O)C2)cc1. The molecule has 0 saturated carbocycles. The quantitative estimate of drug-likeness (QED) is 0.756. The summed E-state index contributed by atoms with van der Waals surface area (Å²) in [5.74, 6) is 1.05. The van der Waals surface area contributed by atoms with Crippen LogP contribution in [0.25, 0.3) is 0 Å². The Bertz CT molecular complexity index is 862. The number of amides is 2. The summed E-state index contributed by atoms with van der Waals surface area (Å²) in [6, 6.07) is 14.0. The smallest absolute Gasteiger partial charge is 0.258 e. The van der Waals surface area contributed by atoms with E-state index in [2.05, 4.69) is 30.5 Å². The molecule has 1 aliphatic rings. The molecule has 6 nitrogen and oxygen atoms in total. The Morgan fingerprint density at radius 2 is 1.97 bits per heavy atom. The van der Waals surface area contributed by atoms with E-state index in [1.165, 1.54) is 5.56 Å². The van der Waals surface area contributed by atoms with Gasteiger partial charge in [0.25, 0.3) is 5.91 Å². The molecule has 6 heteroatoms. The number of benzene rings is 2. The second-order valence-corrected chi connectivity index (χ2v) is 7.68. The Morgan fingerprint density at radius 1 is 1.21 bits per heavy atom. The van der Waals surface area contributed by atoms with Crippen molar-refractivity contribution in [3.63, 3.8) is 0 Å². The van der Waals surface area contributed by atoms with Gasteiger partial charge in [-0.05, 0) is 47.7 Å². The number of nitrogens with zero attached hydrogens (tertiary/aromatic N) is 1. The van der Waals surface area contributed by atoms with Crippen LogP contribution in [-0.2, 0) is 16.1 Å². The maximum Gasteiger partial charge on any atom is 0.258 e. The van der Waals surface area contributed by atoms with Crippen molar-refractivity contribution in [2.24, 2.45) is 0 Å². The van der Waals surface area contributed by atoms with E-state index in [1.54, 1.807) is 0 Å². The number of ether oxygens (including phenoxy) is 1. The van der Waals surface area contributed by atoms with Crippen LogP contribution in [0.3, 0.4) is 0 Å². The zero-order chi connectivity index (χ0) is 20.8. The lowest BCUT2D eigenvalue weighted by Gasteiger charge is -2.28. The fourth-order valence-electron chi connectivity index (χ4n) is 3.21. The second kappa shape index (κ2) is 9.45. The number of carbonyl (C=O) groups excluding carboxylic acids is 2. The van der Waals surface area contributed by atoms with E-state index in [0.29, 0.717) is 25.6 Å². The Labute approximate surface area is 172 Å². The van der Waals surface area contributed by atoms with Crippen molar-refractivity contribution in [3.8, 4) is 5.75 Å². The van der Waals surface area contributed by atoms with Gasteiger partial charge in [0, 0.05) is 25.3 Å². The van der Waals surface area contributed by atoms with Gasteiger partial charge in [0.05, 0.1) is 6.54 Å². The lowest BCUT2D eigenvalue weighted by Crippen LogP contribution is -2.47. The van der Waals surface area contributed by atoms with Crippen molar-refractivity contribution in [3.05, 3.63) is 59.2 Å². The first-order valence-electron chi connectivity index (χ1n) is 10.0. The zero-order valence-corrected chi connectivity index (χ0v) is 17.3. The molecular formula is C23H29N3O3. The summed E-state index contributed by atoms with van der Waals surface area (Å²) >= 11 is 0. The normalized spacial score (nSPS) is 13.9. The lowest BCUT2D eigenvalue weighted by atomic mass is 10.0. The number of piperazine rings is 1. The van der Waals surface area contributed by atoms with Crippen molar-refractivity contribution >= 4 is 17.5 Å². The molecule has 0 radical (unpaired) electrons. The molecule has 2 amide bonds. The number of rotatable bonds is 7. The van der Waals surface area contributed by atoms with Crippen LogP contribution < -0.4 is 20.3 Å². The molecule has 1 saturated heterocycles. The molecule has 0 atom stereocenters. The summed E-state index contributed by atoms with van der Waals surface area (Å²) in [7, 11) is 0. The largest absolute Gasteiger partial charge is 0.483 e. The minimum Gasteiger partial charge on any atom is -0.483 e. The molecule has 1 heterocycles. The highest BCUT2D eigenvalue weighted by Gasteiger charge is 2.16. The Balaban J connectivity index is 1.48. The van der Waals surface area contributed by atoms with Gasteiger partial charge in [-0.3, -0.25) is 9.59 Å². The van der Waals surface area contributed by atoms with Gasteiger partial charge in [-0.15, -0.1) is 0 Å². The second-order valence-electron chi connectivity index (χ2n) is 7.68.